The van der Waals surface area contributed by atoms with Crippen LogP contribution in [0.5, 0.6) is 0 Å². The number of hydrogen-bond acceptors (Lipinski definition) is 3. The molecule has 1 N–H and O–H groups in total. The summed E-state index contributed by atoms with van der Waals surface area (Å²) in [5, 5.41) is 13.4. The molecular formula is C24H16Cl2N2O2. The van der Waals surface area contributed by atoms with E-state index in [2.05, 4.69) is 5.32 Å². The van der Waals surface area contributed by atoms with Gasteiger partial charge in [-0.3, -0.25) is 4.79 Å². The number of carbonyl (C=O) groups is 1. The zero-order valence-corrected chi connectivity index (χ0v) is 17.3. The summed E-state index contributed by atoms with van der Waals surface area (Å²) < 4.78 is 5.71. The molecule has 3 aromatic carbocycles. The van der Waals surface area contributed by atoms with Gasteiger partial charge in [0.2, 0.25) is 0 Å². The van der Waals surface area contributed by atoms with Gasteiger partial charge in [0.1, 0.15) is 5.58 Å². The summed E-state index contributed by atoms with van der Waals surface area (Å²) in [4.78, 5) is 12.3. The first kappa shape index (κ1) is 20.0. The van der Waals surface area contributed by atoms with Crippen molar-refractivity contribution in [2.45, 2.75) is 6.42 Å². The zero-order valence-electron chi connectivity index (χ0n) is 15.8. The Morgan fingerprint density at radius 2 is 1.83 bits per heavy atom. The molecule has 0 fully saturated rings. The van der Waals surface area contributed by atoms with Crippen molar-refractivity contribution in [1.82, 2.24) is 5.32 Å². The van der Waals surface area contributed by atoms with E-state index in [1.165, 1.54) is 0 Å². The van der Waals surface area contributed by atoms with Crippen molar-refractivity contribution >= 4 is 40.1 Å². The summed E-state index contributed by atoms with van der Waals surface area (Å²) in [5.41, 5.74) is 4.84. The molecule has 0 bridgehead atoms. The van der Waals surface area contributed by atoms with Crippen molar-refractivity contribution in [3.8, 4) is 28.3 Å². The van der Waals surface area contributed by atoms with Crippen LogP contribution in [0.15, 0.2) is 71.3 Å². The van der Waals surface area contributed by atoms with Gasteiger partial charge >= 0.3 is 0 Å². The van der Waals surface area contributed by atoms with E-state index in [-0.39, 0.29) is 12.3 Å². The van der Waals surface area contributed by atoms with Crippen LogP contribution in [0.3, 0.4) is 0 Å². The monoisotopic (exact) mass is 434 g/mol. The van der Waals surface area contributed by atoms with Gasteiger partial charge in [0.05, 0.1) is 23.8 Å². The van der Waals surface area contributed by atoms with Crippen molar-refractivity contribution in [2.75, 3.05) is 6.54 Å². The highest BCUT2D eigenvalue weighted by molar-refractivity contribution is 6.36. The second-order valence-corrected chi connectivity index (χ2v) is 7.57. The number of nitrogens with one attached hydrogen (secondary N) is 1. The zero-order chi connectivity index (χ0) is 21.1. The third-order valence-electron chi connectivity index (χ3n) is 4.78. The topological polar surface area (TPSA) is 66.0 Å². The SMILES string of the molecule is N#CCCNC(=O)c1cccc(-c2ccc3occ(-c4ccc(Cl)cc4Cl)c3c2)c1. The fourth-order valence-electron chi connectivity index (χ4n) is 3.30. The minimum atomic E-state index is -0.204. The Balaban J connectivity index is 1.72. The number of halogens is 2. The first-order valence-corrected chi connectivity index (χ1v) is 10.0. The summed E-state index contributed by atoms with van der Waals surface area (Å²) in [7, 11) is 0. The average molecular weight is 435 g/mol. The van der Waals surface area contributed by atoms with E-state index < -0.39 is 0 Å². The van der Waals surface area contributed by atoms with Gasteiger partial charge in [-0.1, -0.05) is 47.5 Å². The lowest BCUT2D eigenvalue weighted by molar-refractivity contribution is 0.0954. The molecule has 0 radical (unpaired) electrons. The van der Waals surface area contributed by atoms with Crippen LogP contribution in [0, 0.1) is 11.3 Å². The normalized spacial score (nSPS) is 10.7. The largest absolute Gasteiger partial charge is 0.464 e. The molecule has 148 valence electrons. The molecule has 1 amide bonds. The summed E-state index contributed by atoms with van der Waals surface area (Å²) in [6.45, 7) is 0.325. The number of fused-ring (bicyclic) bond motifs is 1. The Labute approximate surface area is 183 Å². The number of benzene rings is 3. The van der Waals surface area contributed by atoms with Crippen LogP contribution in [0.25, 0.3) is 33.2 Å². The molecule has 0 aliphatic carbocycles. The predicted octanol–water partition coefficient (Wildman–Crippen LogP) is 6.72. The first-order valence-electron chi connectivity index (χ1n) is 9.29. The lowest BCUT2D eigenvalue weighted by atomic mass is 9.98. The molecule has 0 unspecified atom stereocenters. The maximum atomic E-state index is 12.3. The van der Waals surface area contributed by atoms with Crippen molar-refractivity contribution in [2.24, 2.45) is 0 Å². The van der Waals surface area contributed by atoms with E-state index in [4.69, 9.17) is 32.9 Å². The Morgan fingerprint density at radius 3 is 2.63 bits per heavy atom. The molecule has 30 heavy (non-hydrogen) atoms. The number of nitrogens with zero attached hydrogens (tertiary/aromatic N) is 1. The summed E-state index contributed by atoms with van der Waals surface area (Å²) in [5.74, 6) is -0.204. The molecule has 4 nitrogen and oxygen atoms in total. The second kappa shape index (κ2) is 8.62. The van der Waals surface area contributed by atoms with Crippen molar-refractivity contribution in [3.63, 3.8) is 0 Å². The number of nitriles is 1. The maximum Gasteiger partial charge on any atom is 0.251 e. The van der Waals surface area contributed by atoms with Crippen molar-refractivity contribution < 1.29 is 9.21 Å². The van der Waals surface area contributed by atoms with Gasteiger partial charge in [-0.25, -0.2) is 0 Å². The highest BCUT2D eigenvalue weighted by Crippen LogP contribution is 2.38. The Bertz CT molecular complexity index is 1290. The molecule has 1 aromatic heterocycles. The van der Waals surface area contributed by atoms with E-state index in [9.17, 15) is 4.79 Å². The van der Waals surface area contributed by atoms with Crippen LogP contribution in [-0.2, 0) is 0 Å². The van der Waals surface area contributed by atoms with Crippen LogP contribution in [-0.4, -0.2) is 12.5 Å². The van der Waals surface area contributed by atoms with Crippen LogP contribution in [0.1, 0.15) is 16.8 Å². The number of amides is 1. The van der Waals surface area contributed by atoms with Gasteiger partial charge in [0.25, 0.3) is 5.91 Å². The number of rotatable bonds is 5. The highest BCUT2D eigenvalue weighted by Gasteiger charge is 2.13. The second-order valence-electron chi connectivity index (χ2n) is 6.73. The van der Waals surface area contributed by atoms with Crippen LogP contribution < -0.4 is 5.32 Å². The van der Waals surface area contributed by atoms with E-state index in [0.29, 0.717) is 22.2 Å². The van der Waals surface area contributed by atoms with Gasteiger partial charge < -0.3 is 9.73 Å². The van der Waals surface area contributed by atoms with Gasteiger partial charge in [-0.2, -0.15) is 5.26 Å². The third-order valence-corrected chi connectivity index (χ3v) is 5.32. The first-order chi connectivity index (χ1) is 14.6. The molecule has 4 rings (SSSR count). The molecule has 0 aliphatic rings. The van der Waals surface area contributed by atoms with Crippen molar-refractivity contribution in [3.05, 3.63) is 82.5 Å². The van der Waals surface area contributed by atoms with Crippen LogP contribution >= 0.6 is 23.2 Å². The van der Waals surface area contributed by atoms with Crippen molar-refractivity contribution in [1.29, 1.82) is 5.26 Å². The lowest BCUT2D eigenvalue weighted by Crippen LogP contribution is -2.24. The molecule has 0 saturated carbocycles. The van der Waals surface area contributed by atoms with Gasteiger partial charge in [-0.15, -0.1) is 0 Å². The number of hydrogen-bond donors (Lipinski definition) is 1. The Morgan fingerprint density at radius 1 is 1.00 bits per heavy atom. The fourth-order valence-corrected chi connectivity index (χ4v) is 3.81. The fraction of sp³-hybridized carbons (Fsp3) is 0.0833. The Kier molecular flexibility index (Phi) is 5.76. The molecule has 6 heteroatoms. The van der Waals surface area contributed by atoms with E-state index in [1.807, 2.05) is 48.5 Å². The maximum absolute atomic E-state index is 12.3. The van der Waals surface area contributed by atoms with Crippen LogP contribution in [0.4, 0.5) is 0 Å². The predicted molar refractivity (Wildman–Crippen MR) is 120 cm³/mol. The molecule has 0 aliphatic heterocycles. The van der Waals surface area contributed by atoms with E-state index in [0.717, 1.165) is 33.2 Å². The third kappa shape index (κ3) is 4.04. The van der Waals surface area contributed by atoms with Gasteiger partial charge in [0.15, 0.2) is 0 Å². The molecule has 0 saturated heterocycles. The minimum absolute atomic E-state index is 0.204. The van der Waals surface area contributed by atoms with Gasteiger partial charge in [-0.05, 0) is 47.5 Å². The van der Waals surface area contributed by atoms with Gasteiger partial charge in [0, 0.05) is 33.6 Å². The quantitative estimate of drug-likeness (QED) is 0.354. The van der Waals surface area contributed by atoms with E-state index >= 15 is 0 Å². The van der Waals surface area contributed by atoms with E-state index in [1.54, 1.807) is 24.5 Å². The molecule has 0 atom stereocenters. The molecule has 1 heterocycles. The number of carbonyl (C=O) groups excluding carboxylic acids is 1. The summed E-state index contributed by atoms with van der Waals surface area (Å²) >= 11 is 12.4. The standard InChI is InChI=1S/C24H16Cl2N2O2/c25-18-6-7-19(22(26)13-18)21-14-30-23-8-5-16(12-20(21)23)15-3-1-4-17(11-15)24(29)28-10-2-9-27/h1,3-8,11-14H,2,10H2,(H,28,29). The summed E-state index contributed by atoms with van der Waals surface area (Å²) in [6, 6.07) is 20.6. The number of furan rings is 1. The average Bonchev–Trinajstić information content (AvgIpc) is 3.17. The highest BCUT2D eigenvalue weighted by atomic mass is 35.5. The smallest absolute Gasteiger partial charge is 0.251 e. The Hall–Kier alpha value is -3.26. The summed E-state index contributed by atoms with van der Waals surface area (Å²) in [6.07, 6.45) is 1.96. The molecular weight excluding hydrogens is 419 g/mol. The van der Waals surface area contributed by atoms with Crippen LogP contribution in [0.2, 0.25) is 10.0 Å². The lowest BCUT2D eigenvalue weighted by Gasteiger charge is -2.07. The molecule has 0 spiro atoms. The molecule has 4 aromatic rings. The minimum Gasteiger partial charge on any atom is -0.464 e.